The highest BCUT2D eigenvalue weighted by molar-refractivity contribution is 7.90. The molecular formula is C12H19ClN2O4S2. The Kier molecular flexibility index (Phi) is 5.79. The molecule has 120 valence electrons. The Morgan fingerprint density at radius 2 is 1.62 bits per heavy atom. The maximum atomic E-state index is 12.4. The third-order valence-corrected chi connectivity index (χ3v) is 6.23. The largest absolute Gasteiger partial charge is 0.312 e. The fraction of sp³-hybridized carbons (Fsp3) is 0.500. The van der Waals surface area contributed by atoms with Crippen LogP contribution in [0.25, 0.3) is 0 Å². The van der Waals surface area contributed by atoms with Crippen molar-refractivity contribution >= 4 is 32.3 Å². The van der Waals surface area contributed by atoms with Crippen LogP contribution in [0.3, 0.4) is 0 Å². The van der Waals surface area contributed by atoms with Crippen molar-refractivity contribution in [1.82, 2.24) is 9.62 Å². The van der Waals surface area contributed by atoms with E-state index in [4.69, 9.17) is 0 Å². The van der Waals surface area contributed by atoms with Crippen LogP contribution in [-0.4, -0.2) is 53.1 Å². The zero-order valence-corrected chi connectivity index (χ0v) is 14.3. The molecule has 1 atom stereocenters. The van der Waals surface area contributed by atoms with Crippen LogP contribution in [0.15, 0.2) is 34.1 Å². The minimum atomic E-state index is -3.56. The average molecular weight is 355 g/mol. The molecule has 2 rings (SSSR count). The van der Waals surface area contributed by atoms with Crippen LogP contribution in [0.4, 0.5) is 0 Å². The van der Waals surface area contributed by atoms with Crippen LogP contribution < -0.4 is 5.32 Å². The molecule has 6 nitrogen and oxygen atoms in total. The summed E-state index contributed by atoms with van der Waals surface area (Å²) in [5, 5.41) is 3.18. The van der Waals surface area contributed by atoms with Crippen LogP contribution in [0.1, 0.15) is 6.92 Å². The van der Waals surface area contributed by atoms with E-state index in [1.54, 1.807) is 0 Å². The van der Waals surface area contributed by atoms with Gasteiger partial charge in [-0.1, -0.05) is 0 Å². The van der Waals surface area contributed by atoms with Crippen LogP contribution in [0.5, 0.6) is 0 Å². The van der Waals surface area contributed by atoms with Crippen molar-refractivity contribution in [3.8, 4) is 0 Å². The maximum Gasteiger partial charge on any atom is 0.243 e. The minimum Gasteiger partial charge on any atom is -0.312 e. The minimum absolute atomic E-state index is 0. The first-order valence-corrected chi connectivity index (χ1v) is 9.58. The lowest BCUT2D eigenvalue weighted by atomic mass is 10.3. The van der Waals surface area contributed by atoms with Gasteiger partial charge in [0.25, 0.3) is 0 Å². The lowest BCUT2D eigenvalue weighted by molar-refractivity contribution is 0.310. The number of rotatable bonds is 3. The summed E-state index contributed by atoms with van der Waals surface area (Å²) in [7, 11) is -6.88. The van der Waals surface area contributed by atoms with Crippen LogP contribution in [0, 0.1) is 0 Å². The van der Waals surface area contributed by atoms with E-state index in [9.17, 15) is 16.8 Å². The Balaban J connectivity index is 0.00000220. The van der Waals surface area contributed by atoms with Gasteiger partial charge in [-0.3, -0.25) is 0 Å². The monoisotopic (exact) mass is 354 g/mol. The number of nitrogens with one attached hydrogen (secondary N) is 1. The van der Waals surface area contributed by atoms with E-state index in [1.165, 1.54) is 28.6 Å². The van der Waals surface area contributed by atoms with E-state index >= 15 is 0 Å². The Bertz CT molecular complexity index is 686. The summed E-state index contributed by atoms with van der Waals surface area (Å²) in [5.41, 5.74) is 0. The molecule has 9 heteroatoms. The molecule has 0 aliphatic carbocycles. The molecule has 21 heavy (non-hydrogen) atoms. The van der Waals surface area contributed by atoms with Crippen molar-refractivity contribution in [3.05, 3.63) is 24.3 Å². The molecule has 0 radical (unpaired) electrons. The highest BCUT2D eigenvalue weighted by Crippen LogP contribution is 2.19. The van der Waals surface area contributed by atoms with Gasteiger partial charge in [0.1, 0.15) is 0 Å². The molecule has 0 unspecified atom stereocenters. The quantitative estimate of drug-likeness (QED) is 0.854. The van der Waals surface area contributed by atoms with Crippen molar-refractivity contribution in [3.63, 3.8) is 0 Å². The van der Waals surface area contributed by atoms with Crippen LogP contribution in [-0.2, 0) is 19.9 Å². The Morgan fingerprint density at radius 3 is 2.10 bits per heavy atom. The highest BCUT2D eigenvalue weighted by Gasteiger charge is 2.28. The van der Waals surface area contributed by atoms with Gasteiger partial charge in [-0.25, -0.2) is 16.8 Å². The molecule has 0 bridgehead atoms. The number of hydrogen-bond acceptors (Lipinski definition) is 5. The molecular weight excluding hydrogens is 336 g/mol. The fourth-order valence-corrected chi connectivity index (χ4v) is 4.28. The first kappa shape index (κ1) is 18.4. The normalized spacial score (nSPS) is 20.8. The summed E-state index contributed by atoms with van der Waals surface area (Å²) in [5.74, 6) is 0. The van der Waals surface area contributed by atoms with E-state index in [0.29, 0.717) is 19.6 Å². The SMILES string of the molecule is C[C@@H]1CN(S(=O)(=O)c2ccc(S(C)(=O)=O)cc2)CCN1.Cl. The number of piperazine rings is 1. The summed E-state index contributed by atoms with van der Waals surface area (Å²) in [4.78, 5) is 0.240. The van der Waals surface area contributed by atoms with Crippen LogP contribution in [0.2, 0.25) is 0 Å². The molecule has 0 amide bonds. The van der Waals surface area contributed by atoms with E-state index in [0.717, 1.165) is 6.26 Å². The summed E-state index contributed by atoms with van der Waals surface area (Å²) in [6.07, 6.45) is 1.09. The summed E-state index contributed by atoms with van der Waals surface area (Å²) in [6.45, 7) is 3.37. The summed E-state index contributed by atoms with van der Waals surface area (Å²) < 4.78 is 49.0. The number of nitrogens with zero attached hydrogens (tertiary/aromatic N) is 1. The highest BCUT2D eigenvalue weighted by atomic mass is 35.5. The van der Waals surface area contributed by atoms with E-state index < -0.39 is 19.9 Å². The molecule has 1 saturated heterocycles. The van der Waals surface area contributed by atoms with E-state index in [1.807, 2.05) is 6.92 Å². The lowest BCUT2D eigenvalue weighted by Crippen LogP contribution is -2.51. The average Bonchev–Trinajstić information content (AvgIpc) is 2.38. The molecule has 1 heterocycles. The zero-order chi connectivity index (χ0) is 15.0. The Morgan fingerprint density at radius 1 is 1.10 bits per heavy atom. The molecule has 1 fully saturated rings. The van der Waals surface area contributed by atoms with Gasteiger partial charge in [0, 0.05) is 31.9 Å². The van der Waals surface area contributed by atoms with Gasteiger partial charge in [0.2, 0.25) is 10.0 Å². The third kappa shape index (κ3) is 4.17. The first-order chi connectivity index (χ1) is 9.21. The van der Waals surface area contributed by atoms with Gasteiger partial charge in [-0.2, -0.15) is 4.31 Å². The van der Waals surface area contributed by atoms with Crippen molar-refractivity contribution < 1.29 is 16.8 Å². The molecule has 0 spiro atoms. The number of sulfone groups is 1. The first-order valence-electron chi connectivity index (χ1n) is 6.25. The van der Waals surface area contributed by atoms with Gasteiger partial charge in [-0.05, 0) is 31.2 Å². The molecule has 1 aromatic carbocycles. The molecule has 1 N–H and O–H groups in total. The predicted octanol–water partition coefficient (Wildman–Crippen LogP) is 0.494. The van der Waals surface area contributed by atoms with Crippen molar-refractivity contribution in [2.24, 2.45) is 0 Å². The smallest absolute Gasteiger partial charge is 0.243 e. The number of benzene rings is 1. The maximum absolute atomic E-state index is 12.4. The molecule has 1 aliphatic rings. The summed E-state index contributed by atoms with van der Waals surface area (Å²) >= 11 is 0. The van der Waals surface area contributed by atoms with Gasteiger partial charge in [-0.15, -0.1) is 12.4 Å². The Labute approximate surface area is 131 Å². The van der Waals surface area contributed by atoms with Gasteiger partial charge in [0.15, 0.2) is 9.84 Å². The molecule has 0 aromatic heterocycles. The fourth-order valence-electron chi connectivity index (χ4n) is 2.12. The molecule has 0 saturated carbocycles. The van der Waals surface area contributed by atoms with Gasteiger partial charge >= 0.3 is 0 Å². The standard InChI is InChI=1S/C12H18N2O4S2.ClH/c1-10-9-14(8-7-13-10)20(17,18)12-5-3-11(4-6-12)19(2,15)16;/h3-6,10,13H,7-9H2,1-2H3;1H/t10-;/m1./s1. The predicted molar refractivity (Wildman–Crippen MR) is 83.0 cm³/mol. The zero-order valence-electron chi connectivity index (χ0n) is 11.8. The van der Waals surface area contributed by atoms with E-state index in [-0.39, 0.29) is 28.2 Å². The van der Waals surface area contributed by atoms with Crippen LogP contribution >= 0.6 is 12.4 Å². The second-order valence-electron chi connectivity index (χ2n) is 4.96. The van der Waals surface area contributed by atoms with Gasteiger partial charge < -0.3 is 5.32 Å². The second kappa shape index (κ2) is 6.62. The molecule has 1 aliphatic heterocycles. The second-order valence-corrected chi connectivity index (χ2v) is 8.92. The molecule has 1 aromatic rings. The van der Waals surface area contributed by atoms with Crippen molar-refractivity contribution in [2.45, 2.75) is 22.8 Å². The van der Waals surface area contributed by atoms with Gasteiger partial charge in [0.05, 0.1) is 9.79 Å². The Hall–Kier alpha value is -0.670. The topological polar surface area (TPSA) is 83.6 Å². The number of halogens is 1. The number of hydrogen-bond donors (Lipinski definition) is 1. The number of sulfonamides is 1. The third-order valence-electron chi connectivity index (χ3n) is 3.22. The lowest BCUT2D eigenvalue weighted by Gasteiger charge is -2.31. The van der Waals surface area contributed by atoms with Crippen molar-refractivity contribution in [1.29, 1.82) is 0 Å². The van der Waals surface area contributed by atoms with Crippen molar-refractivity contribution in [2.75, 3.05) is 25.9 Å². The summed E-state index contributed by atoms with van der Waals surface area (Å²) in [6, 6.07) is 5.45. The van der Waals surface area contributed by atoms with E-state index in [2.05, 4.69) is 5.32 Å².